The summed E-state index contributed by atoms with van der Waals surface area (Å²) in [6.07, 6.45) is 0. The summed E-state index contributed by atoms with van der Waals surface area (Å²) in [6, 6.07) is 8.47. The molecule has 1 atom stereocenters. The van der Waals surface area contributed by atoms with E-state index in [2.05, 4.69) is 36.7 Å². The summed E-state index contributed by atoms with van der Waals surface area (Å²) in [5.41, 5.74) is 2.58. The Morgan fingerprint density at radius 2 is 1.85 bits per heavy atom. The van der Waals surface area contributed by atoms with Crippen molar-refractivity contribution < 1.29 is 4.39 Å². The molecule has 0 saturated carbocycles. The Labute approximate surface area is 124 Å². The molecule has 0 spiro atoms. The van der Waals surface area contributed by atoms with E-state index in [1.807, 2.05) is 26.0 Å². The molecule has 20 heavy (non-hydrogen) atoms. The van der Waals surface area contributed by atoms with Crippen LogP contribution in [0.5, 0.6) is 0 Å². The quantitative estimate of drug-likeness (QED) is 0.818. The standard InChI is InChI=1S/C17H22FNS/c1-11(2)17(15-6-5-7-20-15)19-10-14-8-12(3)16(18)13(4)9-14/h5-9,11,17,19H,10H2,1-4H3. The first-order valence-corrected chi connectivity index (χ1v) is 7.89. The minimum atomic E-state index is -0.0904. The zero-order chi connectivity index (χ0) is 14.7. The van der Waals surface area contributed by atoms with Crippen molar-refractivity contribution in [2.45, 2.75) is 40.3 Å². The van der Waals surface area contributed by atoms with E-state index in [4.69, 9.17) is 0 Å². The molecule has 2 aromatic rings. The van der Waals surface area contributed by atoms with E-state index in [1.165, 1.54) is 4.88 Å². The summed E-state index contributed by atoms with van der Waals surface area (Å²) < 4.78 is 13.6. The third kappa shape index (κ3) is 3.47. The van der Waals surface area contributed by atoms with Crippen LogP contribution in [0.15, 0.2) is 29.6 Å². The lowest BCUT2D eigenvalue weighted by Gasteiger charge is -2.21. The van der Waals surface area contributed by atoms with Gasteiger partial charge in [-0.25, -0.2) is 4.39 Å². The SMILES string of the molecule is Cc1cc(CNC(c2cccs2)C(C)C)cc(C)c1F. The third-order valence-electron chi connectivity index (χ3n) is 3.54. The maximum Gasteiger partial charge on any atom is 0.129 e. The monoisotopic (exact) mass is 291 g/mol. The number of benzene rings is 1. The topological polar surface area (TPSA) is 12.0 Å². The van der Waals surface area contributed by atoms with Gasteiger partial charge in [0, 0.05) is 17.5 Å². The lowest BCUT2D eigenvalue weighted by Crippen LogP contribution is -2.24. The second-order valence-electron chi connectivity index (χ2n) is 5.66. The first-order chi connectivity index (χ1) is 9.49. The average Bonchev–Trinajstić information content (AvgIpc) is 2.89. The van der Waals surface area contributed by atoms with Crippen LogP contribution in [0.4, 0.5) is 4.39 Å². The molecule has 1 aromatic heterocycles. The zero-order valence-corrected chi connectivity index (χ0v) is 13.4. The number of thiophene rings is 1. The highest BCUT2D eigenvalue weighted by atomic mass is 32.1. The van der Waals surface area contributed by atoms with Crippen LogP contribution in [0.25, 0.3) is 0 Å². The van der Waals surface area contributed by atoms with Crippen LogP contribution in [0.1, 0.15) is 41.5 Å². The Balaban J connectivity index is 2.10. The van der Waals surface area contributed by atoms with E-state index in [0.29, 0.717) is 12.0 Å². The van der Waals surface area contributed by atoms with E-state index < -0.39 is 0 Å². The Morgan fingerprint density at radius 1 is 1.20 bits per heavy atom. The predicted octanol–water partition coefficient (Wildman–Crippen LogP) is 4.99. The Hall–Kier alpha value is -1.19. The van der Waals surface area contributed by atoms with E-state index in [1.54, 1.807) is 11.3 Å². The highest BCUT2D eigenvalue weighted by Crippen LogP contribution is 2.26. The van der Waals surface area contributed by atoms with Crippen LogP contribution in [-0.4, -0.2) is 0 Å². The van der Waals surface area contributed by atoms with Gasteiger partial charge in [-0.2, -0.15) is 0 Å². The van der Waals surface area contributed by atoms with Crippen LogP contribution in [0, 0.1) is 25.6 Å². The second-order valence-corrected chi connectivity index (χ2v) is 6.64. The molecule has 0 aliphatic carbocycles. The summed E-state index contributed by atoms with van der Waals surface area (Å²) in [7, 11) is 0. The fraction of sp³-hybridized carbons (Fsp3) is 0.412. The van der Waals surface area contributed by atoms with Crippen LogP contribution in [0.2, 0.25) is 0 Å². The maximum absolute atomic E-state index is 13.6. The van der Waals surface area contributed by atoms with Crippen LogP contribution in [-0.2, 0) is 6.54 Å². The summed E-state index contributed by atoms with van der Waals surface area (Å²) in [6.45, 7) is 8.86. The number of nitrogens with one attached hydrogen (secondary N) is 1. The number of hydrogen-bond acceptors (Lipinski definition) is 2. The van der Waals surface area contributed by atoms with Crippen molar-refractivity contribution in [1.82, 2.24) is 5.32 Å². The molecular formula is C17H22FNS. The highest BCUT2D eigenvalue weighted by Gasteiger charge is 2.16. The molecule has 1 N–H and O–H groups in total. The number of hydrogen-bond donors (Lipinski definition) is 1. The largest absolute Gasteiger partial charge is 0.305 e. The number of halogens is 1. The molecule has 108 valence electrons. The summed E-state index contributed by atoms with van der Waals surface area (Å²) >= 11 is 1.78. The lowest BCUT2D eigenvalue weighted by atomic mass is 10.0. The fourth-order valence-corrected chi connectivity index (χ4v) is 3.47. The molecule has 1 nitrogen and oxygen atoms in total. The number of rotatable bonds is 5. The molecule has 3 heteroatoms. The van der Waals surface area contributed by atoms with Crippen molar-refractivity contribution in [2.24, 2.45) is 5.92 Å². The van der Waals surface area contributed by atoms with Gasteiger partial charge in [-0.1, -0.05) is 32.0 Å². The van der Waals surface area contributed by atoms with Crippen molar-refractivity contribution in [3.05, 3.63) is 57.0 Å². The normalized spacial score (nSPS) is 12.9. The Morgan fingerprint density at radius 3 is 2.35 bits per heavy atom. The van der Waals surface area contributed by atoms with Gasteiger partial charge in [0.2, 0.25) is 0 Å². The van der Waals surface area contributed by atoms with Crippen LogP contribution < -0.4 is 5.32 Å². The third-order valence-corrected chi connectivity index (χ3v) is 4.49. The summed E-state index contributed by atoms with van der Waals surface area (Å²) in [4.78, 5) is 1.36. The molecular weight excluding hydrogens is 269 g/mol. The van der Waals surface area contributed by atoms with Gasteiger partial charge in [0.15, 0.2) is 0 Å². The lowest BCUT2D eigenvalue weighted by molar-refractivity contribution is 0.416. The summed E-state index contributed by atoms with van der Waals surface area (Å²) in [5, 5.41) is 5.71. The van der Waals surface area contributed by atoms with Gasteiger partial charge in [-0.05, 0) is 47.9 Å². The first kappa shape index (κ1) is 15.2. The molecule has 0 bridgehead atoms. The Bertz CT molecular complexity index is 537. The van der Waals surface area contributed by atoms with E-state index >= 15 is 0 Å². The highest BCUT2D eigenvalue weighted by molar-refractivity contribution is 7.10. The number of aryl methyl sites for hydroxylation is 2. The van der Waals surface area contributed by atoms with Gasteiger partial charge in [0.1, 0.15) is 5.82 Å². The van der Waals surface area contributed by atoms with Crippen molar-refractivity contribution in [2.75, 3.05) is 0 Å². The second kappa shape index (κ2) is 6.51. The molecule has 0 aliphatic heterocycles. The molecule has 0 radical (unpaired) electrons. The van der Waals surface area contributed by atoms with Gasteiger partial charge in [0.05, 0.1) is 0 Å². The van der Waals surface area contributed by atoms with E-state index in [9.17, 15) is 4.39 Å². The van der Waals surface area contributed by atoms with Crippen molar-refractivity contribution >= 4 is 11.3 Å². The molecule has 0 aliphatic rings. The molecule has 0 fully saturated rings. The average molecular weight is 291 g/mol. The minimum absolute atomic E-state index is 0.0904. The smallest absolute Gasteiger partial charge is 0.129 e. The van der Waals surface area contributed by atoms with Crippen molar-refractivity contribution in [3.8, 4) is 0 Å². The maximum atomic E-state index is 13.6. The molecule has 1 aromatic carbocycles. The minimum Gasteiger partial charge on any atom is -0.305 e. The Kier molecular flexibility index (Phi) is 4.95. The van der Waals surface area contributed by atoms with E-state index in [-0.39, 0.29) is 5.82 Å². The predicted molar refractivity (Wildman–Crippen MR) is 84.6 cm³/mol. The van der Waals surface area contributed by atoms with Gasteiger partial charge in [0.25, 0.3) is 0 Å². The van der Waals surface area contributed by atoms with Gasteiger partial charge in [-0.3, -0.25) is 0 Å². The van der Waals surface area contributed by atoms with Gasteiger partial charge in [-0.15, -0.1) is 11.3 Å². The molecule has 2 rings (SSSR count). The molecule has 0 saturated heterocycles. The molecule has 0 amide bonds. The summed E-state index contributed by atoms with van der Waals surface area (Å²) in [5.74, 6) is 0.434. The van der Waals surface area contributed by atoms with Gasteiger partial charge >= 0.3 is 0 Å². The first-order valence-electron chi connectivity index (χ1n) is 7.01. The van der Waals surface area contributed by atoms with Gasteiger partial charge < -0.3 is 5.32 Å². The molecule has 1 unspecified atom stereocenters. The van der Waals surface area contributed by atoms with Crippen molar-refractivity contribution in [3.63, 3.8) is 0 Å². The van der Waals surface area contributed by atoms with E-state index in [0.717, 1.165) is 23.2 Å². The van der Waals surface area contributed by atoms with Crippen LogP contribution in [0.3, 0.4) is 0 Å². The van der Waals surface area contributed by atoms with Crippen molar-refractivity contribution in [1.29, 1.82) is 0 Å². The fourth-order valence-electron chi connectivity index (χ4n) is 2.50. The van der Waals surface area contributed by atoms with Crippen LogP contribution >= 0.6 is 11.3 Å². The molecule has 1 heterocycles. The zero-order valence-electron chi connectivity index (χ0n) is 12.5.